The number of rotatable bonds is 7. The molecule has 1 saturated carbocycles. The lowest BCUT2D eigenvalue weighted by Gasteiger charge is -2.33. The van der Waals surface area contributed by atoms with E-state index in [2.05, 4.69) is 11.8 Å². The zero-order valence-corrected chi connectivity index (χ0v) is 10.7. The van der Waals surface area contributed by atoms with E-state index in [1.54, 1.807) is 0 Å². The van der Waals surface area contributed by atoms with Gasteiger partial charge in [-0.25, -0.2) is 0 Å². The largest absolute Gasteiger partial charge is 0.388 e. The van der Waals surface area contributed by atoms with E-state index in [9.17, 15) is 0 Å². The Morgan fingerprint density at radius 2 is 1.94 bits per heavy atom. The zero-order chi connectivity index (χ0) is 11.8. The molecule has 3 heteroatoms. The fourth-order valence-corrected chi connectivity index (χ4v) is 2.68. The molecule has 0 amide bonds. The molecule has 1 rings (SSSR count). The van der Waals surface area contributed by atoms with Crippen LogP contribution in [0.15, 0.2) is 0 Å². The number of unbranched alkanes of at least 4 members (excludes halogenated alkanes) is 1. The number of nitrogens with zero attached hydrogens (tertiary/aromatic N) is 1. The van der Waals surface area contributed by atoms with E-state index in [-0.39, 0.29) is 0 Å². The van der Waals surface area contributed by atoms with Gasteiger partial charge in [-0.1, -0.05) is 26.2 Å². The Morgan fingerprint density at radius 1 is 1.25 bits per heavy atom. The lowest BCUT2D eigenvalue weighted by Crippen LogP contribution is -2.37. The second-order valence-corrected chi connectivity index (χ2v) is 4.90. The molecule has 0 bridgehead atoms. The summed E-state index contributed by atoms with van der Waals surface area (Å²) in [5, 5.41) is 7.18. The molecule has 0 spiro atoms. The van der Waals surface area contributed by atoms with E-state index in [0.717, 1.165) is 18.9 Å². The summed E-state index contributed by atoms with van der Waals surface area (Å²) >= 11 is 0. The molecule has 0 radical (unpaired) electrons. The van der Waals surface area contributed by atoms with E-state index >= 15 is 0 Å². The first-order chi connectivity index (χ1) is 7.74. The van der Waals surface area contributed by atoms with Crippen molar-refractivity contribution in [2.45, 2.75) is 64.3 Å². The van der Waals surface area contributed by atoms with E-state index in [0.29, 0.717) is 5.84 Å². The van der Waals surface area contributed by atoms with Gasteiger partial charge in [0.25, 0.3) is 0 Å². The van der Waals surface area contributed by atoms with Crippen molar-refractivity contribution >= 4 is 5.84 Å². The van der Waals surface area contributed by atoms with Gasteiger partial charge in [0.05, 0.1) is 5.84 Å². The second-order valence-electron chi connectivity index (χ2n) is 4.90. The fourth-order valence-electron chi connectivity index (χ4n) is 2.68. The van der Waals surface area contributed by atoms with Crippen molar-refractivity contribution < 1.29 is 0 Å². The SMILES string of the molecule is CCN(CCCCC(=N)N)C1CCCCC1. The average molecular weight is 225 g/mol. The summed E-state index contributed by atoms with van der Waals surface area (Å²) < 4.78 is 0. The van der Waals surface area contributed by atoms with Crippen molar-refractivity contribution in [2.75, 3.05) is 13.1 Å². The smallest absolute Gasteiger partial charge is 0.0905 e. The van der Waals surface area contributed by atoms with Gasteiger partial charge in [-0.15, -0.1) is 0 Å². The van der Waals surface area contributed by atoms with E-state index in [4.69, 9.17) is 11.1 Å². The molecule has 1 aliphatic rings. The monoisotopic (exact) mass is 225 g/mol. The lowest BCUT2D eigenvalue weighted by molar-refractivity contribution is 0.161. The summed E-state index contributed by atoms with van der Waals surface area (Å²) in [5.74, 6) is 0.334. The lowest BCUT2D eigenvalue weighted by atomic mass is 9.94. The number of nitrogens with two attached hydrogens (primary N) is 1. The quantitative estimate of drug-likeness (QED) is 0.398. The van der Waals surface area contributed by atoms with Gasteiger partial charge in [-0.2, -0.15) is 0 Å². The minimum absolute atomic E-state index is 0.334. The van der Waals surface area contributed by atoms with Crippen LogP contribution in [-0.4, -0.2) is 29.9 Å². The van der Waals surface area contributed by atoms with Crippen molar-refractivity contribution in [3.63, 3.8) is 0 Å². The fraction of sp³-hybridized carbons (Fsp3) is 0.923. The first-order valence-corrected chi connectivity index (χ1v) is 6.81. The molecule has 0 atom stereocenters. The Balaban J connectivity index is 2.17. The Morgan fingerprint density at radius 3 is 2.50 bits per heavy atom. The van der Waals surface area contributed by atoms with E-state index < -0.39 is 0 Å². The van der Waals surface area contributed by atoms with Gasteiger partial charge >= 0.3 is 0 Å². The van der Waals surface area contributed by atoms with Crippen LogP contribution < -0.4 is 5.73 Å². The van der Waals surface area contributed by atoms with Gasteiger partial charge in [-0.05, 0) is 38.8 Å². The molecule has 1 aliphatic carbocycles. The summed E-state index contributed by atoms with van der Waals surface area (Å²) in [6.45, 7) is 4.62. The second kappa shape index (κ2) is 7.66. The van der Waals surface area contributed by atoms with Crippen LogP contribution in [0.25, 0.3) is 0 Å². The van der Waals surface area contributed by atoms with Gasteiger partial charge in [-0.3, -0.25) is 5.41 Å². The molecule has 0 unspecified atom stereocenters. The highest BCUT2D eigenvalue weighted by Crippen LogP contribution is 2.22. The molecule has 0 aromatic carbocycles. The van der Waals surface area contributed by atoms with Crippen LogP contribution in [0.4, 0.5) is 0 Å². The predicted octanol–water partition coefficient (Wildman–Crippen LogP) is 2.75. The number of hydrogen-bond donors (Lipinski definition) is 2. The molecular weight excluding hydrogens is 198 g/mol. The first kappa shape index (κ1) is 13.5. The van der Waals surface area contributed by atoms with Gasteiger partial charge in [0.1, 0.15) is 0 Å². The first-order valence-electron chi connectivity index (χ1n) is 6.81. The molecule has 0 saturated heterocycles. The molecule has 0 heterocycles. The topological polar surface area (TPSA) is 53.1 Å². The molecule has 0 aliphatic heterocycles. The van der Waals surface area contributed by atoms with Gasteiger partial charge in [0.15, 0.2) is 0 Å². The molecule has 3 N–H and O–H groups in total. The molecular formula is C13H27N3. The van der Waals surface area contributed by atoms with Gasteiger partial charge < -0.3 is 10.6 Å². The van der Waals surface area contributed by atoms with Crippen molar-refractivity contribution in [1.82, 2.24) is 4.90 Å². The maximum Gasteiger partial charge on any atom is 0.0905 e. The molecule has 94 valence electrons. The Labute approximate surface area is 99.9 Å². The summed E-state index contributed by atoms with van der Waals surface area (Å²) in [6, 6.07) is 0.830. The molecule has 0 aromatic heterocycles. The van der Waals surface area contributed by atoms with Gasteiger partial charge in [0, 0.05) is 12.5 Å². The van der Waals surface area contributed by atoms with E-state index in [1.165, 1.54) is 51.6 Å². The average Bonchev–Trinajstić information content (AvgIpc) is 2.30. The number of amidine groups is 1. The van der Waals surface area contributed by atoms with Crippen LogP contribution in [-0.2, 0) is 0 Å². The minimum Gasteiger partial charge on any atom is -0.388 e. The van der Waals surface area contributed by atoms with Crippen LogP contribution in [0.2, 0.25) is 0 Å². The Kier molecular flexibility index (Phi) is 6.46. The summed E-state index contributed by atoms with van der Waals surface area (Å²) in [6.07, 6.45) is 10.0. The van der Waals surface area contributed by atoms with Crippen LogP contribution in [0.3, 0.4) is 0 Å². The highest BCUT2D eigenvalue weighted by atomic mass is 15.1. The highest BCUT2D eigenvalue weighted by molar-refractivity contribution is 5.76. The van der Waals surface area contributed by atoms with Crippen LogP contribution in [0, 0.1) is 5.41 Å². The van der Waals surface area contributed by atoms with E-state index in [1.807, 2.05) is 0 Å². The zero-order valence-electron chi connectivity index (χ0n) is 10.7. The molecule has 3 nitrogen and oxygen atoms in total. The maximum atomic E-state index is 7.18. The third-order valence-corrected chi connectivity index (χ3v) is 3.64. The molecule has 1 fully saturated rings. The summed E-state index contributed by atoms with van der Waals surface area (Å²) in [7, 11) is 0. The maximum absolute atomic E-state index is 7.18. The number of nitrogens with one attached hydrogen (secondary N) is 1. The summed E-state index contributed by atoms with van der Waals surface area (Å²) in [5.41, 5.74) is 5.35. The summed E-state index contributed by atoms with van der Waals surface area (Å²) in [4.78, 5) is 2.62. The number of hydrogen-bond acceptors (Lipinski definition) is 2. The standard InChI is InChI=1S/C13H27N3/c1-2-16(11-7-6-10-13(14)15)12-8-4-3-5-9-12/h12H,2-11H2,1H3,(H3,14,15). The van der Waals surface area contributed by atoms with Crippen LogP contribution in [0.5, 0.6) is 0 Å². The van der Waals surface area contributed by atoms with Crippen LogP contribution >= 0.6 is 0 Å². The van der Waals surface area contributed by atoms with Crippen molar-refractivity contribution in [2.24, 2.45) is 5.73 Å². The molecule has 16 heavy (non-hydrogen) atoms. The normalized spacial score (nSPS) is 17.9. The third-order valence-electron chi connectivity index (χ3n) is 3.64. The molecule has 0 aromatic rings. The van der Waals surface area contributed by atoms with Crippen LogP contribution in [0.1, 0.15) is 58.3 Å². The highest BCUT2D eigenvalue weighted by Gasteiger charge is 2.18. The Hall–Kier alpha value is -0.570. The minimum atomic E-state index is 0.334. The van der Waals surface area contributed by atoms with Crippen molar-refractivity contribution in [1.29, 1.82) is 5.41 Å². The van der Waals surface area contributed by atoms with Crippen molar-refractivity contribution in [3.8, 4) is 0 Å². The predicted molar refractivity (Wildman–Crippen MR) is 69.9 cm³/mol. The van der Waals surface area contributed by atoms with Gasteiger partial charge in [0.2, 0.25) is 0 Å². The van der Waals surface area contributed by atoms with Crippen molar-refractivity contribution in [3.05, 3.63) is 0 Å². The third kappa shape index (κ3) is 4.97. The Bertz CT molecular complexity index is 197.